The Morgan fingerprint density at radius 1 is 1.14 bits per heavy atom. The van der Waals surface area contributed by atoms with E-state index in [9.17, 15) is 13.2 Å². The quantitative estimate of drug-likeness (QED) is 0.702. The fourth-order valence-corrected chi connectivity index (χ4v) is 4.54. The summed E-state index contributed by atoms with van der Waals surface area (Å²) in [6, 6.07) is 12.2. The maximum Gasteiger partial charge on any atom is 0.242 e. The lowest BCUT2D eigenvalue weighted by Crippen LogP contribution is -2.46. The molecule has 0 radical (unpaired) electrons. The smallest absolute Gasteiger partial charge is 0.242 e. The number of methoxy groups -OCH3 is 1. The summed E-state index contributed by atoms with van der Waals surface area (Å²) in [4.78, 5) is 13.3. The number of anilines is 1. The summed E-state index contributed by atoms with van der Waals surface area (Å²) in [5.74, 6) is 0.259. The highest BCUT2D eigenvalue weighted by atomic mass is 79.9. The molecule has 28 heavy (non-hydrogen) atoms. The number of hydrogen-bond acceptors (Lipinski definition) is 4. The molecule has 0 bridgehead atoms. The third kappa shape index (κ3) is 3.68. The van der Waals surface area contributed by atoms with E-state index in [1.165, 1.54) is 33.3 Å². The number of hydrogen-bond donors (Lipinski definition) is 1. The first-order chi connectivity index (χ1) is 13.2. The predicted molar refractivity (Wildman–Crippen MR) is 112 cm³/mol. The van der Waals surface area contributed by atoms with Gasteiger partial charge in [0.25, 0.3) is 0 Å². The Balaban J connectivity index is 1.95. The zero-order chi connectivity index (χ0) is 20.5. The number of nitrogens with one attached hydrogen (secondary N) is 1. The lowest BCUT2D eigenvalue weighted by molar-refractivity contribution is -0.124. The number of halogens is 1. The summed E-state index contributed by atoms with van der Waals surface area (Å²) in [6.07, 6.45) is 2.46. The molecule has 1 fully saturated rings. The van der Waals surface area contributed by atoms with E-state index in [0.29, 0.717) is 11.4 Å². The van der Waals surface area contributed by atoms with E-state index in [0.717, 1.165) is 33.6 Å². The van der Waals surface area contributed by atoms with Crippen molar-refractivity contribution in [1.82, 2.24) is 4.31 Å². The van der Waals surface area contributed by atoms with Crippen molar-refractivity contribution in [1.29, 1.82) is 0 Å². The van der Waals surface area contributed by atoms with Crippen LogP contribution in [0.3, 0.4) is 0 Å². The number of ether oxygens (including phenoxy) is 1. The molecule has 0 unspecified atom stereocenters. The van der Waals surface area contributed by atoms with Crippen LogP contribution in [0.1, 0.15) is 24.8 Å². The highest BCUT2D eigenvalue weighted by Crippen LogP contribution is 2.45. The third-order valence-electron chi connectivity index (χ3n) is 5.24. The average Bonchev–Trinajstić information content (AvgIpc) is 2.62. The molecule has 3 rings (SSSR count). The number of nitrogens with zero attached hydrogens (tertiary/aromatic N) is 1. The summed E-state index contributed by atoms with van der Waals surface area (Å²) in [6.45, 7) is 0. The van der Waals surface area contributed by atoms with Crippen LogP contribution in [-0.4, -0.2) is 39.8 Å². The average molecular weight is 467 g/mol. The van der Waals surface area contributed by atoms with Gasteiger partial charge in [-0.15, -0.1) is 0 Å². The van der Waals surface area contributed by atoms with Crippen molar-refractivity contribution in [2.45, 2.75) is 29.6 Å². The van der Waals surface area contributed by atoms with Crippen molar-refractivity contribution in [3.05, 3.63) is 52.5 Å². The zero-order valence-corrected chi connectivity index (χ0v) is 18.4. The molecule has 8 heteroatoms. The van der Waals surface area contributed by atoms with Crippen LogP contribution in [0.25, 0.3) is 0 Å². The molecule has 0 aromatic heterocycles. The topological polar surface area (TPSA) is 75.7 Å². The van der Waals surface area contributed by atoms with Gasteiger partial charge in [-0.25, -0.2) is 12.7 Å². The van der Waals surface area contributed by atoms with Crippen molar-refractivity contribution in [2.75, 3.05) is 26.5 Å². The van der Waals surface area contributed by atoms with E-state index in [-0.39, 0.29) is 10.8 Å². The van der Waals surface area contributed by atoms with Gasteiger partial charge < -0.3 is 10.1 Å². The van der Waals surface area contributed by atoms with Crippen LogP contribution in [0.2, 0.25) is 0 Å². The van der Waals surface area contributed by atoms with E-state index >= 15 is 0 Å². The number of rotatable bonds is 6. The molecule has 0 aliphatic heterocycles. The van der Waals surface area contributed by atoms with Crippen LogP contribution in [0.5, 0.6) is 5.75 Å². The molecule has 1 N–H and O–H groups in total. The SMILES string of the molecule is COc1ccc(S(=O)(=O)N(C)C)cc1NC(=O)C1(c2ccc(Br)cc2)CCC1. The third-order valence-corrected chi connectivity index (χ3v) is 7.58. The highest BCUT2D eigenvalue weighted by molar-refractivity contribution is 9.10. The maximum atomic E-state index is 13.2. The first-order valence-electron chi connectivity index (χ1n) is 8.89. The fraction of sp³-hybridized carbons (Fsp3) is 0.350. The minimum atomic E-state index is -3.62. The molecular formula is C20H23BrN2O4S. The van der Waals surface area contributed by atoms with Crippen molar-refractivity contribution >= 4 is 37.5 Å². The first kappa shape index (κ1) is 20.8. The number of amides is 1. The summed E-state index contributed by atoms with van der Waals surface area (Å²) in [7, 11) is 0.796. The van der Waals surface area contributed by atoms with Gasteiger partial charge in [0.2, 0.25) is 15.9 Å². The molecule has 1 aliphatic carbocycles. The summed E-state index contributed by atoms with van der Waals surface area (Å²) < 4.78 is 32.3. The Morgan fingerprint density at radius 2 is 1.79 bits per heavy atom. The Kier molecular flexibility index (Phi) is 5.84. The number of carbonyl (C=O) groups is 1. The lowest BCUT2D eigenvalue weighted by Gasteiger charge is -2.40. The second kappa shape index (κ2) is 7.85. The minimum absolute atomic E-state index is 0.0971. The molecule has 2 aromatic carbocycles. The second-order valence-corrected chi connectivity index (χ2v) is 10.1. The van der Waals surface area contributed by atoms with Gasteiger partial charge in [-0.1, -0.05) is 34.5 Å². The molecular weight excluding hydrogens is 444 g/mol. The number of carbonyl (C=O) groups excluding carboxylic acids is 1. The number of sulfonamides is 1. The van der Waals surface area contributed by atoms with E-state index in [2.05, 4.69) is 21.2 Å². The first-order valence-corrected chi connectivity index (χ1v) is 11.1. The molecule has 1 amide bonds. The van der Waals surface area contributed by atoms with Gasteiger partial charge in [-0.3, -0.25) is 4.79 Å². The van der Waals surface area contributed by atoms with Gasteiger partial charge in [-0.2, -0.15) is 0 Å². The Bertz CT molecular complexity index is 984. The summed E-state index contributed by atoms with van der Waals surface area (Å²) in [5, 5.41) is 2.91. The van der Waals surface area contributed by atoms with E-state index < -0.39 is 15.4 Å². The summed E-state index contributed by atoms with van der Waals surface area (Å²) >= 11 is 3.42. The van der Waals surface area contributed by atoms with Crippen molar-refractivity contribution < 1.29 is 17.9 Å². The monoisotopic (exact) mass is 466 g/mol. The minimum Gasteiger partial charge on any atom is -0.495 e. The molecule has 2 aromatic rings. The van der Waals surface area contributed by atoms with Crippen molar-refractivity contribution in [2.24, 2.45) is 0 Å². The van der Waals surface area contributed by atoms with Gasteiger partial charge in [-0.05, 0) is 48.7 Å². The summed E-state index contributed by atoms with van der Waals surface area (Å²) in [5.41, 5.74) is 0.691. The van der Waals surface area contributed by atoms with Crippen LogP contribution in [0, 0.1) is 0 Å². The van der Waals surface area contributed by atoms with Crippen molar-refractivity contribution in [3.63, 3.8) is 0 Å². The molecule has 0 atom stereocenters. The van der Waals surface area contributed by atoms with Crippen LogP contribution in [0.4, 0.5) is 5.69 Å². The zero-order valence-electron chi connectivity index (χ0n) is 16.0. The van der Waals surface area contributed by atoms with Gasteiger partial charge in [0.05, 0.1) is 23.1 Å². The van der Waals surface area contributed by atoms with Gasteiger partial charge in [0.15, 0.2) is 0 Å². The molecule has 1 aliphatic rings. The molecule has 1 saturated carbocycles. The highest BCUT2D eigenvalue weighted by Gasteiger charge is 2.45. The largest absolute Gasteiger partial charge is 0.495 e. The van der Waals surface area contributed by atoms with E-state index in [4.69, 9.17) is 4.74 Å². The Labute approximate surface area is 174 Å². The molecule has 6 nitrogen and oxygen atoms in total. The molecule has 0 heterocycles. The van der Waals surface area contributed by atoms with E-state index in [1.807, 2.05) is 24.3 Å². The Hall–Kier alpha value is -1.90. The van der Waals surface area contributed by atoms with Gasteiger partial charge >= 0.3 is 0 Å². The predicted octanol–water partition coefficient (Wildman–Crippen LogP) is 3.77. The normalized spacial score (nSPS) is 15.8. The van der Waals surface area contributed by atoms with Crippen molar-refractivity contribution in [3.8, 4) is 5.75 Å². The van der Waals surface area contributed by atoms with Crippen LogP contribution < -0.4 is 10.1 Å². The van der Waals surface area contributed by atoms with Gasteiger partial charge in [0, 0.05) is 18.6 Å². The van der Waals surface area contributed by atoms with Crippen LogP contribution in [-0.2, 0) is 20.2 Å². The Morgan fingerprint density at radius 3 is 2.29 bits per heavy atom. The van der Waals surface area contributed by atoms with Crippen LogP contribution >= 0.6 is 15.9 Å². The lowest BCUT2D eigenvalue weighted by atomic mass is 9.64. The van der Waals surface area contributed by atoms with Gasteiger partial charge in [0.1, 0.15) is 5.75 Å². The van der Waals surface area contributed by atoms with E-state index in [1.54, 1.807) is 6.07 Å². The fourth-order valence-electron chi connectivity index (χ4n) is 3.34. The standard InChI is InChI=1S/C20H23BrN2O4S/c1-23(2)28(25,26)16-9-10-18(27-3)17(13-16)22-19(24)20(11-4-12-20)14-5-7-15(21)8-6-14/h5-10,13H,4,11-12H2,1-3H3,(H,22,24). The van der Waals surface area contributed by atoms with Crippen LogP contribution in [0.15, 0.2) is 51.8 Å². The molecule has 0 saturated heterocycles. The molecule has 0 spiro atoms. The number of benzene rings is 2. The second-order valence-electron chi connectivity index (χ2n) is 7.05. The maximum absolute atomic E-state index is 13.2. The molecule has 150 valence electrons.